The van der Waals surface area contributed by atoms with Crippen LogP contribution in [0, 0.1) is 0 Å². The van der Waals surface area contributed by atoms with Gasteiger partial charge < -0.3 is 9.31 Å². The predicted molar refractivity (Wildman–Crippen MR) is 96.2 cm³/mol. The van der Waals surface area contributed by atoms with E-state index in [1.165, 1.54) is 10.9 Å². The summed E-state index contributed by atoms with van der Waals surface area (Å²) in [7, 11) is -0.328. The zero-order chi connectivity index (χ0) is 17.0. The SMILES string of the molecule is CC(C)(C)c1cncc2ccc(B3OC(C)(C)C(C)(C)O3)cc12. The standard InChI is InChI=1S/C19H26BNO2/c1-17(2,3)16-12-21-11-13-8-9-14(10-15(13)16)20-22-18(4,5)19(6,7)23-20/h8-12H,1-7H3. The largest absolute Gasteiger partial charge is 0.494 e. The first-order chi connectivity index (χ1) is 10.5. The van der Waals surface area contributed by atoms with E-state index >= 15 is 0 Å². The minimum atomic E-state index is -0.328. The third-order valence-electron chi connectivity index (χ3n) is 5.12. The van der Waals surface area contributed by atoms with Gasteiger partial charge in [-0.15, -0.1) is 0 Å². The van der Waals surface area contributed by atoms with Crippen LogP contribution >= 0.6 is 0 Å². The fraction of sp³-hybridized carbons (Fsp3) is 0.526. The van der Waals surface area contributed by atoms with Crippen LogP contribution in [0.4, 0.5) is 0 Å². The van der Waals surface area contributed by atoms with E-state index in [4.69, 9.17) is 9.31 Å². The van der Waals surface area contributed by atoms with Gasteiger partial charge in [0.2, 0.25) is 0 Å². The lowest BCUT2D eigenvalue weighted by molar-refractivity contribution is 0.00578. The first-order valence-electron chi connectivity index (χ1n) is 8.25. The maximum absolute atomic E-state index is 6.19. The molecule has 0 radical (unpaired) electrons. The lowest BCUT2D eigenvalue weighted by Crippen LogP contribution is -2.41. The van der Waals surface area contributed by atoms with E-state index in [2.05, 4.69) is 71.6 Å². The zero-order valence-electron chi connectivity index (χ0n) is 15.2. The van der Waals surface area contributed by atoms with Gasteiger partial charge in [-0.3, -0.25) is 4.98 Å². The number of rotatable bonds is 1. The molecule has 1 fully saturated rings. The Morgan fingerprint density at radius 1 is 0.957 bits per heavy atom. The van der Waals surface area contributed by atoms with Crippen LogP contribution in [0.2, 0.25) is 0 Å². The molecular formula is C19H26BNO2. The van der Waals surface area contributed by atoms with E-state index in [9.17, 15) is 0 Å². The van der Waals surface area contributed by atoms with Gasteiger partial charge in [0, 0.05) is 17.8 Å². The first-order valence-corrected chi connectivity index (χ1v) is 8.25. The molecule has 3 rings (SSSR count). The molecule has 0 saturated carbocycles. The van der Waals surface area contributed by atoms with E-state index in [-0.39, 0.29) is 23.7 Å². The third kappa shape index (κ3) is 2.79. The van der Waals surface area contributed by atoms with Crippen LogP contribution in [0.1, 0.15) is 54.0 Å². The highest BCUT2D eigenvalue weighted by Crippen LogP contribution is 2.37. The maximum atomic E-state index is 6.19. The van der Waals surface area contributed by atoms with Gasteiger partial charge >= 0.3 is 7.12 Å². The van der Waals surface area contributed by atoms with Crippen LogP contribution in [0.5, 0.6) is 0 Å². The minimum Gasteiger partial charge on any atom is -0.399 e. The van der Waals surface area contributed by atoms with E-state index in [1.54, 1.807) is 0 Å². The van der Waals surface area contributed by atoms with Crippen molar-refractivity contribution in [1.29, 1.82) is 0 Å². The molecule has 1 aliphatic heterocycles. The molecule has 4 heteroatoms. The van der Waals surface area contributed by atoms with Gasteiger partial charge in [0.1, 0.15) is 0 Å². The van der Waals surface area contributed by atoms with Gasteiger partial charge in [-0.1, -0.05) is 39.0 Å². The van der Waals surface area contributed by atoms with E-state index < -0.39 is 0 Å². The number of nitrogens with zero attached hydrogens (tertiary/aromatic N) is 1. The quantitative estimate of drug-likeness (QED) is 0.750. The topological polar surface area (TPSA) is 31.4 Å². The predicted octanol–water partition coefficient (Wildman–Crippen LogP) is 3.83. The third-order valence-corrected chi connectivity index (χ3v) is 5.12. The molecule has 1 saturated heterocycles. The number of pyridine rings is 1. The smallest absolute Gasteiger partial charge is 0.399 e. The Kier molecular flexibility index (Phi) is 3.62. The summed E-state index contributed by atoms with van der Waals surface area (Å²) in [6.07, 6.45) is 3.88. The van der Waals surface area contributed by atoms with Gasteiger partial charge in [0.05, 0.1) is 11.2 Å². The van der Waals surface area contributed by atoms with Crippen molar-refractivity contribution in [1.82, 2.24) is 4.98 Å². The molecule has 0 atom stereocenters. The van der Waals surface area contributed by atoms with Gasteiger partial charge in [0.25, 0.3) is 0 Å². The molecule has 0 unspecified atom stereocenters. The average molecular weight is 311 g/mol. The Bertz CT molecular complexity index is 731. The van der Waals surface area contributed by atoms with Crippen molar-refractivity contribution >= 4 is 23.4 Å². The average Bonchev–Trinajstić information content (AvgIpc) is 2.65. The molecule has 2 heterocycles. The Morgan fingerprint density at radius 3 is 2.13 bits per heavy atom. The highest BCUT2D eigenvalue weighted by atomic mass is 16.7. The normalized spacial score (nSPS) is 20.2. The fourth-order valence-corrected chi connectivity index (χ4v) is 2.90. The van der Waals surface area contributed by atoms with Crippen molar-refractivity contribution in [2.75, 3.05) is 0 Å². The zero-order valence-corrected chi connectivity index (χ0v) is 15.2. The molecular weight excluding hydrogens is 285 g/mol. The Morgan fingerprint density at radius 2 is 1.57 bits per heavy atom. The van der Waals surface area contributed by atoms with E-state index in [0.29, 0.717) is 0 Å². The Labute approximate surface area is 139 Å². The summed E-state index contributed by atoms with van der Waals surface area (Å²) in [5.41, 5.74) is 1.71. The fourth-order valence-electron chi connectivity index (χ4n) is 2.90. The molecule has 0 aliphatic carbocycles. The number of hydrogen-bond acceptors (Lipinski definition) is 3. The lowest BCUT2D eigenvalue weighted by atomic mass is 9.76. The summed E-state index contributed by atoms with van der Waals surface area (Å²) in [5, 5.41) is 2.37. The Balaban J connectivity index is 2.08. The molecule has 23 heavy (non-hydrogen) atoms. The Hall–Kier alpha value is -1.39. The molecule has 0 amide bonds. The minimum absolute atomic E-state index is 0.0427. The second-order valence-corrected chi connectivity index (χ2v) is 8.51. The van der Waals surface area contributed by atoms with Crippen molar-refractivity contribution in [3.05, 3.63) is 36.2 Å². The van der Waals surface area contributed by atoms with Gasteiger partial charge in [-0.25, -0.2) is 0 Å². The number of benzene rings is 1. The molecule has 1 aromatic carbocycles. The van der Waals surface area contributed by atoms with Crippen LogP contribution < -0.4 is 5.46 Å². The molecule has 1 aliphatic rings. The van der Waals surface area contributed by atoms with Crippen molar-refractivity contribution in [3.8, 4) is 0 Å². The molecule has 0 spiro atoms. The van der Waals surface area contributed by atoms with Gasteiger partial charge in [-0.05, 0) is 49.5 Å². The lowest BCUT2D eigenvalue weighted by Gasteiger charge is -2.32. The maximum Gasteiger partial charge on any atom is 0.494 e. The summed E-state index contributed by atoms with van der Waals surface area (Å²) in [4.78, 5) is 4.39. The van der Waals surface area contributed by atoms with Crippen molar-refractivity contribution in [2.45, 2.75) is 65.1 Å². The van der Waals surface area contributed by atoms with Crippen molar-refractivity contribution < 1.29 is 9.31 Å². The van der Waals surface area contributed by atoms with E-state index in [1.807, 2.05) is 12.4 Å². The number of aromatic nitrogens is 1. The van der Waals surface area contributed by atoms with Gasteiger partial charge in [-0.2, -0.15) is 0 Å². The summed E-state index contributed by atoms with van der Waals surface area (Å²) >= 11 is 0. The van der Waals surface area contributed by atoms with Crippen LogP contribution in [0.3, 0.4) is 0 Å². The summed E-state index contributed by atoms with van der Waals surface area (Å²) in [6.45, 7) is 15.0. The number of fused-ring (bicyclic) bond motifs is 1. The second kappa shape index (κ2) is 5.05. The van der Waals surface area contributed by atoms with Gasteiger partial charge in [0.15, 0.2) is 0 Å². The second-order valence-electron chi connectivity index (χ2n) is 8.51. The van der Waals surface area contributed by atoms with Crippen LogP contribution in [-0.2, 0) is 14.7 Å². The monoisotopic (exact) mass is 311 g/mol. The molecule has 3 nitrogen and oxygen atoms in total. The highest BCUT2D eigenvalue weighted by molar-refractivity contribution is 6.62. The van der Waals surface area contributed by atoms with E-state index in [0.717, 1.165) is 10.8 Å². The molecule has 2 aromatic rings. The first kappa shape index (κ1) is 16.5. The molecule has 0 N–H and O–H groups in total. The van der Waals surface area contributed by atoms with Crippen LogP contribution in [0.15, 0.2) is 30.6 Å². The van der Waals surface area contributed by atoms with Crippen molar-refractivity contribution in [3.63, 3.8) is 0 Å². The number of hydrogen-bond donors (Lipinski definition) is 0. The highest BCUT2D eigenvalue weighted by Gasteiger charge is 2.51. The molecule has 122 valence electrons. The summed E-state index contributed by atoms with van der Waals surface area (Å²) < 4.78 is 12.4. The van der Waals surface area contributed by atoms with Crippen molar-refractivity contribution in [2.24, 2.45) is 0 Å². The molecule has 1 aromatic heterocycles. The summed E-state index contributed by atoms with van der Waals surface area (Å²) in [5.74, 6) is 0. The van der Waals surface area contributed by atoms with Crippen LogP contribution in [0.25, 0.3) is 10.8 Å². The molecule has 0 bridgehead atoms. The van der Waals surface area contributed by atoms with Crippen LogP contribution in [-0.4, -0.2) is 23.3 Å². The summed E-state index contributed by atoms with van der Waals surface area (Å²) in [6, 6.07) is 6.39.